The maximum Gasteiger partial charge on any atom is 0.417 e. The molecule has 1 aromatic rings. The average molecular weight is 265 g/mol. The van der Waals surface area contributed by atoms with Crippen molar-refractivity contribution in [2.24, 2.45) is 0 Å². The molecule has 1 rings (SSSR count). The van der Waals surface area contributed by atoms with Gasteiger partial charge in [0.25, 0.3) is 0 Å². The number of benzene rings is 1. The van der Waals surface area contributed by atoms with Gasteiger partial charge >= 0.3 is 6.18 Å². The van der Waals surface area contributed by atoms with Crippen molar-refractivity contribution in [3.8, 4) is 0 Å². The van der Waals surface area contributed by atoms with Crippen LogP contribution in [-0.2, 0) is 11.6 Å². The van der Waals surface area contributed by atoms with E-state index in [0.29, 0.717) is 5.56 Å². The van der Waals surface area contributed by atoms with Crippen molar-refractivity contribution < 1.29 is 13.2 Å². The molecule has 0 saturated heterocycles. The van der Waals surface area contributed by atoms with Crippen molar-refractivity contribution in [2.75, 3.05) is 0 Å². The van der Waals surface area contributed by atoms with Gasteiger partial charge in [-0.15, -0.1) is 0 Å². The Labute approximate surface area is 105 Å². The highest BCUT2D eigenvalue weighted by Crippen LogP contribution is 2.38. The fourth-order valence-corrected chi connectivity index (χ4v) is 2.16. The van der Waals surface area contributed by atoms with Crippen molar-refractivity contribution >= 4 is 11.6 Å². The van der Waals surface area contributed by atoms with E-state index in [0.717, 1.165) is 18.9 Å². The molecule has 0 spiro atoms. The molecule has 17 heavy (non-hydrogen) atoms. The van der Waals surface area contributed by atoms with E-state index in [1.807, 2.05) is 20.8 Å². The third kappa shape index (κ3) is 3.38. The molecule has 0 heterocycles. The van der Waals surface area contributed by atoms with Gasteiger partial charge in [-0.25, -0.2) is 0 Å². The second-order valence-electron chi connectivity index (χ2n) is 4.83. The topological polar surface area (TPSA) is 0 Å². The number of alkyl halides is 3. The van der Waals surface area contributed by atoms with Gasteiger partial charge in [-0.05, 0) is 29.5 Å². The van der Waals surface area contributed by atoms with Crippen LogP contribution in [0.4, 0.5) is 13.2 Å². The van der Waals surface area contributed by atoms with Gasteiger partial charge in [0.1, 0.15) is 0 Å². The van der Waals surface area contributed by atoms with Gasteiger partial charge in [0, 0.05) is 0 Å². The van der Waals surface area contributed by atoms with Crippen LogP contribution in [0.1, 0.15) is 44.7 Å². The molecule has 0 aliphatic rings. The van der Waals surface area contributed by atoms with Gasteiger partial charge in [0.05, 0.1) is 10.6 Å². The van der Waals surface area contributed by atoms with E-state index in [4.69, 9.17) is 11.6 Å². The van der Waals surface area contributed by atoms with Crippen molar-refractivity contribution in [1.82, 2.24) is 0 Å². The lowest BCUT2D eigenvalue weighted by atomic mass is 9.80. The molecule has 96 valence electrons. The lowest BCUT2D eigenvalue weighted by Crippen LogP contribution is -2.18. The Morgan fingerprint density at radius 3 is 2.24 bits per heavy atom. The average Bonchev–Trinajstić information content (AvgIpc) is 2.15. The van der Waals surface area contributed by atoms with Gasteiger partial charge in [-0.3, -0.25) is 0 Å². The largest absolute Gasteiger partial charge is 0.417 e. The van der Waals surface area contributed by atoms with Crippen molar-refractivity contribution in [3.05, 3.63) is 34.3 Å². The highest BCUT2D eigenvalue weighted by atomic mass is 35.5. The van der Waals surface area contributed by atoms with Crippen LogP contribution in [0.25, 0.3) is 0 Å². The summed E-state index contributed by atoms with van der Waals surface area (Å²) in [5.41, 5.74) is -0.337. The molecule has 1 aromatic carbocycles. The summed E-state index contributed by atoms with van der Waals surface area (Å²) < 4.78 is 38.2. The third-order valence-corrected chi connectivity index (χ3v) is 3.26. The van der Waals surface area contributed by atoms with Crippen molar-refractivity contribution in [2.45, 2.75) is 45.2 Å². The van der Waals surface area contributed by atoms with E-state index < -0.39 is 11.7 Å². The molecule has 0 atom stereocenters. The van der Waals surface area contributed by atoms with Crippen LogP contribution in [0, 0.1) is 0 Å². The van der Waals surface area contributed by atoms with Crippen LogP contribution in [-0.4, -0.2) is 0 Å². The van der Waals surface area contributed by atoms with Crippen LogP contribution >= 0.6 is 11.6 Å². The van der Waals surface area contributed by atoms with E-state index in [2.05, 4.69) is 0 Å². The summed E-state index contributed by atoms with van der Waals surface area (Å²) in [6.45, 7) is 5.90. The quantitative estimate of drug-likeness (QED) is 0.682. The molecular formula is C13H16ClF3. The first-order valence-electron chi connectivity index (χ1n) is 5.55. The molecule has 0 bridgehead atoms. The lowest BCUT2D eigenvalue weighted by Gasteiger charge is -2.26. The molecule has 0 fully saturated rings. The first-order valence-corrected chi connectivity index (χ1v) is 5.93. The summed E-state index contributed by atoms with van der Waals surface area (Å²) in [5, 5.41) is -0.242. The Bertz CT molecular complexity index is 394. The predicted octanol–water partition coefficient (Wildman–Crippen LogP) is 5.44. The number of halogens is 4. The summed E-state index contributed by atoms with van der Waals surface area (Å²) in [6.07, 6.45) is -2.63. The third-order valence-electron chi connectivity index (χ3n) is 2.93. The minimum Gasteiger partial charge on any atom is -0.166 e. The van der Waals surface area contributed by atoms with Crippen molar-refractivity contribution in [3.63, 3.8) is 0 Å². The Kier molecular flexibility index (Phi) is 4.13. The van der Waals surface area contributed by atoms with Gasteiger partial charge in [-0.1, -0.05) is 44.9 Å². The van der Waals surface area contributed by atoms with E-state index in [9.17, 15) is 13.2 Å². The van der Waals surface area contributed by atoms with Crippen LogP contribution in [0.2, 0.25) is 5.02 Å². The summed E-state index contributed by atoms with van der Waals surface area (Å²) in [6, 6.07) is 4.17. The molecule has 0 N–H and O–H groups in total. The van der Waals surface area contributed by atoms with Crippen LogP contribution < -0.4 is 0 Å². The highest BCUT2D eigenvalue weighted by Gasteiger charge is 2.34. The normalized spacial score (nSPS) is 12.9. The van der Waals surface area contributed by atoms with Gasteiger partial charge < -0.3 is 0 Å². The first-order chi connectivity index (χ1) is 7.68. The Morgan fingerprint density at radius 2 is 1.76 bits per heavy atom. The molecule has 0 aliphatic heterocycles. The second kappa shape index (κ2) is 4.89. The van der Waals surface area contributed by atoms with Crippen molar-refractivity contribution in [1.29, 1.82) is 0 Å². The van der Waals surface area contributed by atoms with E-state index in [-0.39, 0.29) is 10.4 Å². The lowest BCUT2D eigenvalue weighted by molar-refractivity contribution is -0.137. The fourth-order valence-electron chi connectivity index (χ4n) is 1.93. The standard InChI is InChI=1S/C13H16ClF3/c1-4-7-12(2,3)9-5-6-11(14)10(8-9)13(15,16)17/h5-6,8H,4,7H2,1-3H3. The van der Waals surface area contributed by atoms with Gasteiger partial charge in [-0.2, -0.15) is 13.2 Å². The van der Waals surface area contributed by atoms with E-state index in [1.165, 1.54) is 6.07 Å². The molecule has 0 aromatic heterocycles. The summed E-state index contributed by atoms with van der Waals surface area (Å²) in [5.74, 6) is 0. The zero-order valence-electron chi connectivity index (χ0n) is 10.2. The van der Waals surface area contributed by atoms with Crippen LogP contribution in [0.15, 0.2) is 18.2 Å². The zero-order valence-corrected chi connectivity index (χ0v) is 10.9. The molecule has 0 saturated carbocycles. The molecule has 0 nitrogen and oxygen atoms in total. The molecule has 0 aliphatic carbocycles. The maximum atomic E-state index is 12.7. The molecule has 0 unspecified atom stereocenters. The molecular weight excluding hydrogens is 249 g/mol. The Hall–Kier alpha value is -0.700. The van der Waals surface area contributed by atoms with Gasteiger partial charge in [0.2, 0.25) is 0 Å². The van der Waals surface area contributed by atoms with E-state index >= 15 is 0 Å². The summed E-state index contributed by atoms with van der Waals surface area (Å²) >= 11 is 5.59. The van der Waals surface area contributed by atoms with Crippen LogP contribution in [0.5, 0.6) is 0 Å². The minimum absolute atomic E-state index is 0.242. The van der Waals surface area contributed by atoms with E-state index in [1.54, 1.807) is 6.07 Å². The summed E-state index contributed by atoms with van der Waals surface area (Å²) in [7, 11) is 0. The number of hydrogen-bond acceptors (Lipinski definition) is 0. The fraction of sp³-hybridized carbons (Fsp3) is 0.538. The molecule has 4 heteroatoms. The Morgan fingerprint density at radius 1 is 1.18 bits per heavy atom. The Balaban J connectivity index is 3.22. The van der Waals surface area contributed by atoms with Crippen LogP contribution in [0.3, 0.4) is 0 Å². The summed E-state index contributed by atoms with van der Waals surface area (Å²) in [4.78, 5) is 0. The molecule has 0 radical (unpaired) electrons. The first kappa shape index (κ1) is 14.4. The maximum absolute atomic E-state index is 12.7. The van der Waals surface area contributed by atoms with Gasteiger partial charge in [0.15, 0.2) is 0 Å². The highest BCUT2D eigenvalue weighted by molar-refractivity contribution is 6.31. The smallest absolute Gasteiger partial charge is 0.166 e. The monoisotopic (exact) mass is 264 g/mol. The minimum atomic E-state index is -4.39. The zero-order chi connectivity index (χ0) is 13.3. The predicted molar refractivity (Wildman–Crippen MR) is 64.4 cm³/mol. The number of rotatable bonds is 3. The second-order valence-corrected chi connectivity index (χ2v) is 5.23. The number of hydrogen-bond donors (Lipinski definition) is 0. The SMILES string of the molecule is CCCC(C)(C)c1ccc(Cl)c(C(F)(F)F)c1. The molecule has 0 amide bonds.